The van der Waals surface area contributed by atoms with E-state index < -0.39 is 0 Å². The third-order valence-corrected chi connectivity index (χ3v) is 3.70. The van der Waals surface area contributed by atoms with Gasteiger partial charge in [0.2, 0.25) is 0 Å². The number of hydrogen-bond acceptors (Lipinski definition) is 4. The van der Waals surface area contributed by atoms with Gasteiger partial charge >= 0.3 is 0 Å². The van der Waals surface area contributed by atoms with Crippen LogP contribution in [0.15, 0.2) is 17.6 Å². The van der Waals surface area contributed by atoms with Crippen LogP contribution in [0.5, 0.6) is 0 Å². The van der Waals surface area contributed by atoms with E-state index in [1.54, 1.807) is 11.8 Å². The first kappa shape index (κ1) is 13.1. The number of hydrogen-bond donors (Lipinski definition) is 0. The molecule has 4 nitrogen and oxygen atoms in total. The first-order valence-electron chi connectivity index (χ1n) is 6.06. The molecule has 2 rings (SSSR count). The molecule has 0 aliphatic rings. The van der Waals surface area contributed by atoms with Gasteiger partial charge in [0.15, 0.2) is 5.16 Å². The van der Waals surface area contributed by atoms with Gasteiger partial charge in [0.05, 0.1) is 12.0 Å². The van der Waals surface area contributed by atoms with E-state index in [0.717, 1.165) is 34.5 Å². The molecular weight excluding hydrogens is 244 g/mol. The van der Waals surface area contributed by atoms with Crippen LogP contribution in [0.2, 0.25) is 0 Å². The topological polar surface area (TPSA) is 43.6 Å². The maximum Gasteiger partial charge on any atom is 0.188 e. The molecule has 2 heterocycles. The molecule has 18 heavy (non-hydrogen) atoms. The average molecular weight is 262 g/mol. The van der Waals surface area contributed by atoms with Crippen LogP contribution < -0.4 is 0 Å². The van der Waals surface area contributed by atoms with Crippen molar-refractivity contribution in [3.63, 3.8) is 0 Å². The van der Waals surface area contributed by atoms with Crippen molar-refractivity contribution in [1.82, 2.24) is 19.5 Å². The van der Waals surface area contributed by atoms with Crippen LogP contribution in [-0.2, 0) is 12.3 Å². The maximum atomic E-state index is 4.43. The van der Waals surface area contributed by atoms with E-state index in [0.29, 0.717) is 0 Å². The van der Waals surface area contributed by atoms with Gasteiger partial charge in [-0.25, -0.2) is 15.0 Å². The fraction of sp³-hybridized carbons (Fsp3) is 0.462. The van der Waals surface area contributed by atoms with Crippen molar-refractivity contribution in [3.05, 3.63) is 35.2 Å². The summed E-state index contributed by atoms with van der Waals surface area (Å²) in [6.07, 6.45) is 1.90. The van der Waals surface area contributed by atoms with Gasteiger partial charge in [-0.3, -0.25) is 0 Å². The molecule has 0 fully saturated rings. The van der Waals surface area contributed by atoms with Crippen molar-refractivity contribution < 1.29 is 0 Å². The van der Waals surface area contributed by atoms with E-state index in [-0.39, 0.29) is 0 Å². The smallest absolute Gasteiger partial charge is 0.188 e. The van der Waals surface area contributed by atoms with Crippen LogP contribution >= 0.6 is 11.8 Å². The first-order valence-corrected chi connectivity index (χ1v) is 7.04. The zero-order valence-corrected chi connectivity index (χ0v) is 12.1. The lowest BCUT2D eigenvalue weighted by atomic mass is 10.4. The van der Waals surface area contributed by atoms with Gasteiger partial charge in [0.1, 0.15) is 0 Å². The molecule has 0 amide bonds. The molecule has 0 aromatic carbocycles. The Morgan fingerprint density at radius 1 is 1.17 bits per heavy atom. The van der Waals surface area contributed by atoms with Crippen molar-refractivity contribution in [1.29, 1.82) is 0 Å². The molecule has 0 N–H and O–H groups in total. The zero-order chi connectivity index (χ0) is 13.1. The molecule has 0 bridgehead atoms. The van der Waals surface area contributed by atoms with E-state index >= 15 is 0 Å². The van der Waals surface area contributed by atoms with Crippen LogP contribution in [-0.4, -0.2) is 19.5 Å². The highest BCUT2D eigenvalue weighted by Crippen LogP contribution is 2.20. The Bertz CT molecular complexity index is 528. The maximum absolute atomic E-state index is 4.43. The average Bonchev–Trinajstić information content (AvgIpc) is 2.66. The van der Waals surface area contributed by atoms with Crippen LogP contribution in [0.4, 0.5) is 0 Å². The second kappa shape index (κ2) is 5.52. The zero-order valence-electron chi connectivity index (χ0n) is 11.3. The lowest BCUT2D eigenvalue weighted by Crippen LogP contribution is -1.97. The fourth-order valence-electron chi connectivity index (χ4n) is 1.84. The highest BCUT2D eigenvalue weighted by atomic mass is 32.2. The van der Waals surface area contributed by atoms with Gasteiger partial charge in [-0.15, -0.1) is 0 Å². The number of aryl methyl sites for hydroxylation is 3. The quantitative estimate of drug-likeness (QED) is 0.627. The molecule has 5 heteroatoms. The van der Waals surface area contributed by atoms with Gasteiger partial charge in [-0.05, 0) is 33.8 Å². The summed E-state index contributed by atoms with van der Waals surface area (Å²) in [7, 11) is 0. The Labute approximate surface area is 112 Å². The Hall–Kier alpha value is -1.36. The minimum atomic E-state index is 0.821. The summed E-state index contributed by atoms with van der Waals surface area (Å²) in [5.74, 6) is 0.821. The molecule has 96 valence electrons. The number of imidazole rings is 1. The number of thioether (sulfide) groups is 1. The molecule has 2 aromatic heterocycles. The molecule has 0 atom stereocenters. The fourth-order valence-corrected chi connectivity index (χ4v) is 2.80. The Balaban J connectivity index is 2.09. The van der Waals surface area contributed by atoms with Gasteiger partial charge in [0.25, 0.3) is 0 Å². The Morgan fingerprint density at radius 2 is 1.83 bits per heavy atom. The van der Waals surface area contributed by atoms with E-state index in [1.807, 2.05) is 26.2 Å². The minimum absolute atomic E-state index is 0.821. The molecule has 2 aromatic rings. The molecule has 0 saturated heterocycles. The van der Waals surface area contributed by atoms with E-state index in [4.69, 9.17) is 0 Å². The minimum Gasteiger partial charge on any atom is -0.335 e. The summed E-state index contributed by atoms with van der Waals surface area (Å²) in [5, 5.41) is 0.831. The Kier molecular flexibility index (Phi) is 4.01. The standard InChI is InChI=1S/C13H18N4S/c1-5-17-8-14-12(11(17)4)7-18-13-15-9(2)6-10(3)16-13/h6,8H,5,7H2,1-4H3. The van der Waals surface area contributed by atoms with Gasteiger partial charge in [-0.1, -0.05) is 11.8 Å². The van der Waals surface area contributed by atoms with E-state index in [9.17, 15) is 0 Å². The summed E-state index contributed by atoms with van der Waals surface area (Å²) in [4.78, 5) is 13.3. The molecule has 0 radical (unpaired) electrons. The number of aromatic nitrogens is 4. The predicted octanol–water partition coefficient (Wildman–Crippen LogP) is 2.91. The van der Waals surface area contributed by atoms with Gasteiger partial charge < -0.3 is 4.57 Å². The Morgan fingerprint density at radius 3 is 2.39 bits per heavy atom. The monoisotopic (exact) mass is 262 g/mol. The first-order chi connectivity index (χ1) is 8.60. The third-order valence-electron chi connectivity index (χ3n) is 2.84. The second-order valence-electron chi connectivity index (χ2n) is 4.28. The molecule has 0 saturated carbocycles. The van der Waals surface area contributed by atoms with Crippen LogP contribution in [0.1, 0.15) is 29.7 Å². The van der Waals surface area contributed by atoms with Crippen molar-refractivity contribution in [2.45, 2.75) is 45.1 Å². The molecule has 0 aliphatic heterocycles. The lowest BCUT2D eigenvalue weighted by Gasteiger charge is -2.03. The normalized spacial score (nSPS) is 10.9. The van der Waals surface area contributed by atoms with E-state index in [2.05, 4.69) is 33.4 Å². The summed E-state index contributed by atoms with van der Waals surface area (Å²) in [5.41, 5.74) is 4.38. The largest absolute Gasteiger partial charge is 0.335 e. The highest BCUT2D eigenvalue weighted by molar-refractivity contribution is 7.98. The highest BCUT2D eigenvalue weighted by Gasteiger charge is 2.07. The van der Waals surface area contributed by atoms with Crippen molar-refractivity contribution in [2.75, 3.05) is 0 Å². The predicted molar refractivity (Wildman–Crippen MR) is 73.7 cm³/mol. The SMILES string of the molecule is CCn1cnc(CSc2nc(C)cc(C)n2)c1C. The molecule has 0 spiro atoms. The third kappa shape index (κ3) is 2.90. The van der Waals surface area contributed by atoms with Crippen LogP contribution in [0.25, 0.3) is 0 Å². The molecule has 0 unspecified atom stereocenters. The van der Waals surface area contributed by atoms with Crippen LogP contribution in [0, 0.1) is 20.8 Å². The summed E-state index contributed by atoms with van der Waals surface area (Å²) in [6, 6.07) is 1.99. The summed E-state index contributed by atoms with van der Waals surface area (Å²) >= 11 is 1.64. The van der Waals surface area contributed by atoms with Crippen LogP contribution in [0.3, 0.4) is 0 Å². The second-order valence-corrected chi connectivity index (χ2v) is 5.23. The van der Waals surface area contributed by atoms with Gasteiger partial charge in [0, 0.05) is 29.4 Å². The van der Waals surface area contributed by atoms with Crippen molar-refractivity contribution in [2.24, 2.45) is 0 Å². The molecule has 0 aliphatic carbocycles. The lowest BCUT2D eigenvalue weighted by molar-refractivity contribution is 0.736. The van der Waals surface area contributed by atoms with E-state index in [1.165, 1.54) is 5.69 Å². The molecular formula is C13H18N4S. The van der Waals surface area contributed by atoms with Crippen molar-refractivity contribution >= 4 is 11.8 Å². The van der Waals surface area contributed by atoms with Crippen molar-refractivity contribution in [3.8, 4) is 0 Å². The summed E-state index contributed by atoms with van der Waals surface area (Å²) < 4.78 is 2.15. The number of rotatable bonds is 4. The number of nitrogens with zero attached hydrogens (tertiary/aromatic N) is 4. The van der Waals surface area contributed by atoms with Gasteiger partial charge in [-0.2, -0.15) is 0 Å². The summed E-state index contributed by atoms with van der Waals surface area (Å²) in [6.45, 7) is 9.18.